The normalized spacial score (nSPS) is 14.3. The number of benzene rings is 1. The van der Waals surface area contributed by atoms with Crippen LogP contribution >= 0.6 is 0 Å². The molecule has 0 unspecified atom stereocenters. The lowest BCUT2D eigenvalue weighted by Crippen LogP contribution is -2.30. The van der Waals surface area contributed by atoms with Gasteiger partial charge in [-0.2, -0.15) is 5.10 Å². The maximum atomic E-state index is 12.8. The maximum Gasteiger partial charge on any atom is 0.256 e. The highest BCUT2D eigenvalue weighted by atomic mass is 32.2. The van der Waals surface area contributed by atoms with E-state index < -0.39 is 15.9 Å². The number of ether oxygens (including phenoxy) is 1. The Balaban J connectivity index is 1.88. The van der Waals surface area contributed by atoms with Crippen molar-refractivity contribution in [1.82, 2.24) is 14.5 Å². The fraction of sp³-hybridized carbons (Fsp3) is 0.474. The predicted octanol–water partition coefficient (Wildman–Crippen LogP) is 2.55. The summed E-state index contributed by atoms with van der Waals surface area (Å²) in [6, 6.07) is 4.07. The first-order valence-electron chi connectivity index (χ1n) is 9.25. The van der Waals surface area contributed by atoms with Crippen molar-refractivity contribution in [3.05, 3.63) is 35.5 Å². The molecule has 1 fully saturated rings. The number of carbonyl (C=O) groups excluding carboxylic acids is 1. The van der Waals surface area contributed by atoms with Crippen molar-refractivity contribution in [2.45, 2.75) is 51.1 Å². The SMILES string of the molecule is COc1ccc(C(=O)Nc2c(C)cnn2CC2CC2)cc1S(=O)(=O)NC(C)C. The van der Waals surface area contributed by atoms with Crippen LogP contribution in [0.3, 0.4) is 0 Å². The number of carbonyl (C=O) groups is 1. The smallest absolute Gasteiger partial charge is 0.256 e. The average Bonchev–Trinajstić information content (AvgIpc) is 3.39. The molecular formula is C19H26N4O4S. The summed E-state index contributed by atoms with van der Waals surface area (Å²) in [5.74, 6) is 1.02. The first-order chi connectivity index (χ1) is 13.2. The molecule has 2 N–H and O–H groups in total. The molecule has 0 aliphatic heterocycles. The molecule has 1 aromatic heterocycles. The van der Waals surface area contributed by atoms with Gasteiger partial charge in [0.25, 0.3) is 5.91 Å². The Kier molecular flexibility index (Phi) is 5.76. The molecule has 9 heteroatoms. The second-order valence-electron chi connectivity index (χ2n) is 7.40. The Hall–Kier alpha value is -2.39. The van der Waals surface area contributed by atoms with Crippen LogP contribution in [0.4, 0.5) is 5.82 Å². The van der Waals surface area contributed by atoms with Crippen LogP contribution in [0.1, 0.15) is 42.6 Å². The van der Waals surface area contributed by atoms with Crippen LogP contribution in [0, 0.1) is 12.8 Å². The summed E-state index contributed by atoms with van der Waals surface area (Å²) in [5.41, 5.74) is 1.08. The molecule has 28 heavy (non-hydrogen) atoms. The standard InChI is InChI=1S/C19H26N4O4S/c1-12(2)22-28(25,26)17-9-15(7-8-16(17)27-4)19(24)21-18-13(3)10-20-23(18)11-14-5-6-14/h7-10,12,14,22H,5-6,11H2,1-4H3,(H,21,24). The first-order valence-corrected chi connectivity index (χ1v) is 10.7. The summed E-state index contributed by atoms with van der Waals surface area (Å²) in [6.45, 7) is 6.10. The number of methoxy groups -OCH3 is 1. The fourth-order valence-corrected chi connectivity index (χ4v) is 4.35. The quantitative estimate of drug-likeness (QED) is 0.701. The molecule has 1 aromatic carbocycles. The Morgan fingerprint density at radius 3 is 2.68 bits per heavy atom. The second-order valence-corrected chi connectivity index (χ2v) is 9.08. The van der Waals surface area contributed by atoms with Gasteiger partial charge in [-0.3, -0.25) is 4.79 Å². The van der Waals surface area contributed by atoms with E-state index in [1.807, 2.05) is 6.92 Å². The summed E-state index contributed by atoms with van der Waals surface area (Å²) in [6.07, 6.45) is 4.07. The third-order valence-corrected chi connectivity index (χ3v) is 6.17. The molecule has 8 nitrogen and oxygen atoms in total. The van der Waals surface area contributed by atoms with Gasteiger partial charge in [0, 0.05) is 23.7 Å². The molecule has 1 heterocycles. The molecule has 2 aromatic rings. The summed E-state index contributed by atoms with van der Waals surface area (Å²) in [5, 5.41) is 7.21. The minimum Gasteiger partial charge on any atom is -0.495 e. The third kappa shape index (κ3) is 4.53. The zero-order valence-corrected chi connectivity index (χ0v) is 17.3. The van der Waals surface area contributed by atoms with Crippen LogP contribution < -0.4 is 14.8 Å². The van der Waals surface area contributed by atoms with Gasteiger partial charge in [0.05, 0.1) is 13.3 Å². The molecular weight excluding hydrogens is 380 g/mol. The molecule has 1 saturated carbocycles. The van der Waals surface area contributed by atoms with E-state index in [4.69, 9.17) is 4.74 Å². The molecule has 0 radical (unpaired) electrons. The number of rotatable bonds is 8. The second kappa shape index (κ2) is 7.92. The number of aryl methyl sites for hydroxylation is 1. The van der Waals surface area contributed by atoms with E-state index in [2.05, 4.69) is 15.1 Å². The number of amides is 1. The monoisotopic (exact) mass is 406 g/mol. The molecule has 1 aliphatic carbocycles. The van der Waals surface area contributed by atoms with Crippen molar-refractivity contribution >= 4 is 21.7 Å². The lowest BCUT2D eigenvalue weighted by atomic mass is 10.2. The highest BCUT2D eigenvalue weighted by Crippen LogP contribution is 2.32. The van der Waals surface area contributed by atoms with Gasteiger partial charge in [0.15, 0.2) is 0 Å². The molecule has 3 rings (SSSR count). The highest BCUT2D eigenvalue weighted by Gasteiger charge is 2.25. The minimum absolute atomic E-state index is 0.0699. The van der Waals surface area contributed by atoms with Gasteiger partial charge in [-0.05, 0) is 57.7 Å². The van der Waals surface area contributed by atoms with Gasteiger partial charge in [-0.15, -0.1) is 0 Å². The van der Waals surface area contributed by atoms with Gasteiger partial charge < -0.3 is 10.1 Å². The van der Waals surface area contributed by atoms with E-state index in [0.29, 0.717) is 11.7 Å². The summed E-state index contributed by atoms with van der Waals surface area (Å²) in [4.78, 5) is 12.7. The van der Waals surface area contributed by atoms with E-state index >= 15 is 0 Å². The third-order valence-electron chi connectivity index (χ3n) is 4.49. The zero-order valence-electron chi connectivity index (χ0n) is 16.5. The van der Waals surface area contributed by atoms with Crippen LogP contribution in [0.15, 0.2) is 29.3 Å². The van der Waals surface area contributed by atoms with E-state index in [-0.39, 0.29) is 22.3 Å². The van der Waals surface area contributed by atoms with Crippen LogP contribution in [0.2, 0.25) is 0 Å². The Morgan fingerprint density at radius 1 is 1.36 bits per heavy atom. The van der Waals surface area contributed by atoms with E-state index in [0.717, 1.165) is 12.1 Å². The minimum atomic E-state index is -3.82. The molecule has 152 valence electrons. The van der Waals surface area contributed by atoms with Crippen molar-refractivity contribution < 1.29 is 17.9 Å². The molecule has 0 atom stereocenters. The van der Waals surface area contributed by atoms with E-state index in [1.54, 1.807) is 30.8 Å². The van der Waals surface area contributed by atoms with Gasteiger partial charge >= 0.3 is 0 Å². The van der Waals surface area contributed by atoms with Crippen LogP contribution in [0.25, 0.3) is 0 Å². The molecule has 1 amide bonds. The van der Waals surface area contributed by atoms with Gasteiger partial charge in [0.2, 0.25) is 10.0 Å². The summed E-state index contributed by atoms with van der Waals surface area (Å²) in [7, 11) is -2.42. The zero-order chi connectivity index (χ0) is 20.5. The number of sulfonamides is 1. The average molecular weight is 407 g/mol. The van der Waals surface area contributed by atoms with Gasteiger partial charge in [-0.25, -0.2) is 17.8 Å². The number of hydrogen-bond acceptors (Lipinski definition) is 5. The summed E-state index contributed by atoms with van der Waals surface area (Å²) < 4.78 is 34.7. The van der Waals surface area contributed by atoms with Crippen LogP contribution in [-0.4, -0.2) is 37.3 Å². The Bertz CT molecular complexity index is 978. The number of nitrogens with zero attached hydrogens (tertiary/aromatic N) is 2. The van der Waals surface area contributed by atoms with Crippen molar-refractivity contribution in [3.63, 3.8) is 0 Å². The molecule has 0 saturated heterocycles. The lowest BCUT2D eigenvalue weighted by molar-refractivity contribution is 0.102. The first kappa shape index (κ1) is 20.3. The number of hydrogen-bond donors (Lipinski definition) is 2. The van der Waals surface area contributed by atoms with Crippen molar-refractivity contribution in [3.8, 4) is 5.75 Å². The van der Waals surface area contributed by atoms with Gasteiger partial charge in [0.1, 0.15) is 16.5 Å². The van der Waals surface area contributed by atoms with Crippen LogP contribution in [0.5, 0.6) is 5.75 Å². The van der Waals surface area contributed by atoms with Crippen LogP contribution in [-0.2, 0) is 16.6 Å². The number of anilines is 1. The molecule has 1 aliphatic rings. The van der Waals surface area contributed by atoms with Crippen molar-refractivity contribution in [2.24, 2.45) is 5.92 Å². The number of aromatic nitrogens is 2. The highest BCUT2D eigenvalue weighted by molar-refractivity contribution is 7.89. The number of nitrogens with one attached hydrogen (secondary N) is 2. The Morgan fingerprint density at radius 2 is 2.07 bits per heavy atom. The molecule has 0 bridgehead atoms. The maximum absolute atomic E-state index is 12.8. The van der Waals surface area contributed by atoms with E-state index in [9.17, 15) is 13.2 Å². The fourth-order valence-electron chi connectivity index (χ4n) is 2.91. The predicted molar refractivity (Wildman–Crippen MR) is 106 cm³/mol. The largest absolute Gasteiger partial charge is 0.495 e. The Labute approximate surface area is 165 Å². The molecule has 0 spiro atoms. The lowest BCUT2D eigenvalue weighted by Gasteiger charge is -2.14. The van der Waals surface area contributed by atoms with Crippen molar-refractivity contribution in [1.29, 1.82) is 0 Å². The topological polar surface area (TPSA) is 102 Å². The van der Waals surface area contributed by atoms with Gasteiger partial charge in [-0.1, -0.05) is 0 Å². The van der Waals surface area contributed by atoms with Crippen molar-refractivity contribution in [2.75, 3.05) is 12.4 Å². The van der Waals surface area contributed by atoms with E-state index in [1.165, 1.54) is 32.1 Å². The summed E-state index contributed by atoms with van der Waals surface area (Å²) >= 11 is 0.